The van der Waals surface area contributed by atoms with Crippen LogP contribution < -0.4 is 4.90 Å². The molecule has 0 unspecified atom stereocenters. The van der Waals surface area contributed by atoms with E-state index in [1.807, 2.05) is 16.7 Å². The van der Waals surface area contributed by atoms with Crippen LogP contribution in [0.25, 0.3) is 0 Å². The fourth-order valence-electron chi connectivity index (χ4n) is 3.28. The summed E-state index contributed by atoms with van der Waals surface area (Å²) in [4.78, 5) is 38.9. The molecule has 0 atom stereocenters. The molecule has 0 bridgehead atoms. The maximum Gasteiger partial charge on any atom is 0.272 e. The summed E-state index contributed by atoms with van der Waals surface area (Å²) >= 11 is 0. The summed E-state index contributed by atoms with van der Waals surface area (Å²) < 4.78 is 0. The first-order valence-corrected chi connectivity index (χ1v) is 8.70. The summed E-state index contributed by atoms with van der Waals surface area (Å²) in [5.74, 6) is 0.697. The van der Waals surface area contributed by atoms with E-state index in [1.165, 1.54) is 6.42 Å². The first-order chi connectivity index (χ1) is 11.5. The number of hydrogen-bond donors (Lipinski definition) is 0. The lowest BCUT2D eigenvalue weighted by atomic mass is 10.1. The lowest BCUT2D eigenvalue weighted by molar-refractivity contribution is -0.129. The molecule has 3 heterocycles. The quantitative estimate of drug-likeness (QED) is 0.811. The molecule has 24 heavy (non-hydrogen) atoms. The van der Waals surface area contributed by atoms with Gasteiger partial charge < -0.3 is 14.7 Å². The molecule has 2 aliphatic heterocycles. The van der Waals surface area contributed by atoms with Crippen LogP contribution in [0.4, 0.5) is 5.95 Å². The van der Waals surface area contributed by atoms with Crippen LogP contribution in [0.5, 0.6) is 0 Å². The standard InChI is InChI=1S/C17H25N5O2/c1-13-12-15(16(24)21-6-4-3-5-7-21)19-17(18-13)22-10-8-20(9-11-22)14(2)23/h12H,3-11H2,1-2H3. The lowest BCUT2D eigenvalue weighted by Gasteiger charge is -2.34. The van der Waals surface area contributed by atoms with Gasteiger partial charge in [-0.1, -0.05) is 0 Å². The zero-order chi connectivity index (χ0) is 17.1. The Hall–Kier alpha value is -2.18. The summed E-state index contributed by atoms with van der Waals surface area (Å²) in [6, 6.07) is 1.77. The van der Waals surface area contributed by atoms with Gasteiger partial charge in [0.1, 0.15) is 5.69 Å². The third-order valence-electron chi connectivity index (χ3n) is 4.71. The molecule has 0 N–H and O–H groups in total. The molecule has 0 aromatic carbocycles. The van der Waals surface area contributed by atoms with E-state index in [0.717, 1.165) is 31.6 Å². The van der Waals surface area contributed by atoms with Crippen molar-refractivity contribution < 1.29 is 9.59 Å². The Bertz CT molecular complexity index is 619. The van der Waals surface area contributed by atoms with Gasteiger partial charge >= 0.3 is 0 Å². The van der Waals surface area contributed by atoms with Gasteiger partial charge in [-0.15, -0.1) is 0 Å². The Morgan fingerprint density at radius 3 is 2.21 bits per heavy atom. The monoisotopic (exact) mass is 331 g/mol. The van der Waals surface area contributed by atoms with Crippen molar-refractivity contribution in [3.63, 3.8) is 0 Å². The molecule has 2 amide bonds. The number of aryl methyl sites for hydroxylation is 1. The van der Waals surface area contributed by atoms with Crippen molar-refractivity contribution in [3.05, 3.63) is 17.5 Å². The highest BCUT2D eigenvalue weighted by Gasteiger charge is 2.24. The maximum absolute atomic E-state index is 12.7. The first kappa shape index (κ1) is 16.7. The van der Waals surface area contributed by atoms with E-state index < -0.39 is 0 Å². The number of rotatable bonds is 2. The summed E-state index contributed by atoms with van der Waals surface area (Å²) in [5.41, 5.74) is 1.28. The van der Waals surface area contributed by atoms with Crippen LogP contribution in [0.1, 0.15) is 42.4 Å². The summed E-state index contributed by atoms with van der Waals surface area (Å²) in [6.45, 7) is 7.84. The molecule has 0 aliphatic carbocycles. The fourth-order valence-corrected chi connectivity index (χ4v) is 3.28. The number of likely N-dealkylation sites (tertiary alicyclic amines) is 1. The highest BCUT2D eigenvalue weighted by molar-refractivity contribution is 5.92. The van der Waals surface area contributed by atoms with Gasteiger partial charge in [-0.05, 0) is 32.3 Å². The van der Waals surface area contributed by atoms with Crippen molar-refractivity contribution in [1.82, 2.24) is 19.8 Å². The fraction of sp³-hybridized carbons (Fsp3) is 0.647. The summed E-state index contributed by atoms with van der Waals surface area (Å²) in [7, 11) is 0. The van der Waals surface area contributed by atoms with Gasteiger partial charge in [0.05, 0.1) is 0 Å². The molecule has 0 saturated carbocycles. The third kappa shape index (κ3) is 3.66. The van der Waals surface area contributed by atoms with Crippen LogP contribution in [0.2, 0.25) is 0 Å². The normalized spacial score (nSPS) is 18.7. The topological polar surface area (TPSA) is 69.6 Å². The number of aromatic nitrogens is 2. The van der Waals surface area contributed by atoms with Crippen LogP contribution in [-0.2, 0) is 4.79 Å². The molecule has 1 aromatic rings. The van der Waals surface area contributed by atoms with Crippen molar-refractivity contribution in [2.45, 2.75) is 33.1 Å². The Morgan fingerprint density at radius 2 is 1.58 bits per heavy atom. The predicted molar refractivity (Wildman–Crippen MR) is 91.0 cm³/mol. The van der Waals surface area contributed by atoms with Crippen LogP contribution >= 0.6 is 0 Å². The van der Waals surface area contributed by atoms with Crippen molar-refractivity contribution in [3.8, 4) is 0 Å². The van der Waals surface area contributed by atoms with E-state index in [0.29, 0.717) is 37.8 Å². The molecule has 2 aliphatic rings. The number of piperazine rings is 1. The molecule has 1 aromatic heterocycles. The van der Waals surface area contributed by atoms with E-state index in [1.54, 1.807) is 13.0 Å². The second-order valence-electron chi connectivity index (χ2n) is 6.54. The number of carbonyl (C=O) groups is 2. The lowest BCUT2D eigenvalue weighted by Crippen LogP contribution is -2.48. The molecule has 130 valence electrons. The summed E-state index contributed by atoms with van der Waals surface area (Å²) in [5, 5.41) is 0. The second kappa shape index (κ2) is 7.15. The maximum atomic E-state index is 12.7. The highest BCUT2D eigenvalue weighted by Crippen LogP contribution is 2.16. The van der Waals surface area contributed by atoms with E-state index in [9.17, 15) is 9.59 Å². The van der Waals surface area contributed by atoms with Crippen molar-refractivity contribution in [2.75, 3.05) is 44.2 Å². The minimum atomic E-state index is 0.00354. The Kier molecular flexibility index (Phi) is 4.97. The van der Waals surface area contributed by atoms with Gasteiger partial charge in [-0.2, -0.15) is 0 Å². The molecule has 2 fully saturated rings. The van der Waals surface area contributed by atoms with Gasteiger partial charge in [0.2, 0.25) is 11.9 Å². The summed E-state index contributed by atoms with van der Waals surface area (Å²) in [6.07, 6.45) is 3.32. The van der Waals surface area contributed by atoms with Crippen LogP contribution in [0, 0.1) is 6.92 Å². The number of carbonyl (C=O) groups excluding carboxylic acids is 2. The Balaban J connectivity index is 1.74. The Labute approximate surface area is 142 Å². The largest absolute Gasteiger partial charge is 0.339 e. The minimum absolute atomic E-state index is 0.00354. The zero-order valence-electron chi connectivity index (χ0n) is 14.5. The van der Waals surface area contributed by atoms with E-state index in [2.05, 4.69) is 14.9 Å². The van der Waals surface area contributed by atoms with Crippen LogP contribution in [0.15, 0.2) is 6.07 Å². The second-order valence-corrected chi connectivity index (χ2v) is 6.54. The van der Waals surface area contributed by atoms with Crippen LogP contribution in [0.3, 0.4) is 0 Å². The molecular weight excluding hydrogens is 306 g/mol. The average Bonchev–Trinajstić information content (AvgIpc) is 2.61. The molecule has 7 heteroatoms. The van der Waals surface area contributed by atoms with Crippen molar-refractivity contribution >= 4 is 17.8 Å². The molecule has 3 rings (SSSR count). The number of piperidine rings is 1. The number of hydrogen-bond acceptors (Lipinski definition) is 5. The van der Waals surface area contributed by atoms with Gasteiger partial charge in [0, 0.05) is 51.9 Å². The molecule has 7 nitrogen and oxygen atoms in total. The SMILES string of the molecule is CC(=O)N1CCN(c2nc(C)cc(C(=O)N3CCCCC3)n2)CC1. The van der Waals surface area contributed by atoms with E-state index in [4.69, 9.17) is 0 Å². The smallest absolute Gasteiger partial charge is 0.272 e. The minimum Gasteiger partial charge on any atom is -0.339 e. The van der Waals surface area contributed by atoms with Gasteiger partial charge in [0.15, 0.2) is 0 Å². The van der Waals surface area contributed by atoms with Crippen LogP contribution in [-0.4, -0.2) is 70.9 Å². The number of amides is 2. The van der Waals surface area contributed by atoms with Gasteiger partial charge in [-0.3, -0.25) is 9.59 Å². The first-order valence-electron chi connectivity index (χ1n) is 8.70. The van der Waals surface area contributed by atoms with Gasteiger partial charge in [-0.25, -0.2) is 9.97 Å². The zero-order valence-corrected chi connectivity index (χ0v) is 14.5. The molecular formula is C17H25N5O2. The van der Waals surface area contributed by atoms with E-state index in [-0.39, 0.29) is 11.8 Å². The third-order valence-corrected chi connectivity index (χ3v) is 4.71. The van der Waals surface area contributed by atoms with Crippen molar-refractivity contribution in [1.29, 1.82) is 0 Å². The number of nitrogens with zero attached hydrogens (tertiary/aromatic N) is 5. The molecule has 2 saturated heterocycles. The Morgan fingerprint density at radius 1 is 0.917 bits per heavy atom. The van der Waals surface area contributed by atoms with Gasteiger partial charge in [0.25, 0.3) is 5.91 Å². The number of anilines is 1. The predicted octanol–water partition coefficient (Wildman–Crippen LogP) is 1.08. The highest BCUT2D eigenvalue weighted by atomic mass is 16.2. The average molecular weight is 331 g/mol. The molecule has 0 radical (unpaired) electrons. The van der Waals surface area contributed by atoms with Crippen molar-refractivity contribution in [2.24, 2.45) is 0 Å². The van der Waals surface area contributed by atoms with E-state index >= 15 is 0 Å². The molecule has 0 spiro atoms.